The molecular weight excluding hydrogens is 220 g/mol. The second-order valence-corrected chi connectivity index (χ2v) is 5.04. The lowest BCUT2D eigenvalue weighted by Gasteiger charge is -2.04. The third-order valence-electron chi connectivity index (χ3n) is 2.52. The van der Waals surface area contributed by atoms with Gasteiger partial charge in [-0.1, -0.05) is 0 Å². The Morgan fingerprint density at radius 2 is 2.25 bits per heavy atom. The fourth-order valence-electron chi connectivity index (χ4n) is 1.56. The molecule has 0 unspecified atom stereocenters. The van der Waals surface area contributed by atoms with Gasteiger partial charge in [0.2, 0.25) is 0 Å². The summed E-state index contributed by atoms with van der Waals surface area (Å²) in [6, 6.07) is 0. The lowest BCUT2D eigenvalue weighted by molar-refractivity contribution is 0.671. The van der Waals surface area contributed by atoms with Crippen molar-refractivity contribution in [1.82, 2.24) is 19.9 Å². The maximum Gasteiger partial charge on any atom is 0.123 e. The molecule has 0 aliphatic carbocycles. The minimum Gasteiger partial charge on any atom is -0.327 e. The highest BCUT2D eigenvalue weighted by Gasteiger charge is 2.07. The molecular formula is C11H16N4S. The van der Waals surface area contributed by atoms with Crippen molar-refractivity contribution in [1.29, 1.82) is 0 Å². The molecule has 0 fully saturated rings. The van der Waals surface area contributed by atoms with E-state index in [9.17, 15) is 0 Å². The zero-order valence-corrected chi connectivity index (χ0v) is 10.6. The van der Waals surface area contributed by atoms with E-state index >= 15 is 0 Å². The average molecular weight is 236 g/mol. The number of nitrogens with one attached hydrogen (secondary N) is 1. The summed E-state index contributed by atoms with van der Waals surface area (Å²) in [4.78, 5) is 10.1. The zero-order chi connectivity index (χ0) is 11.5. The van der Waals surface area contributed by atoms with Crippen molar-refractivity contribution in [2.24, 2.45) is 0 Å². The number of imidazole rings is 1. The SMILES string of the molecule is CNCc1nccn1Cc1nc(C)c(C)s1. The van der Waals surface area contributed by atoms with Gasteiger partial charge in [0.05, 0.1) is 18.8 Å². The Morgan fingerprint density at radius 3 is 2.88 bits per heavy atom. The van der Waals surface area contributed by atoms with E-state index in [0.29, 0.717) is 0 Å². The highest BCUT2D eigenvalue weighted by atomic mass is 32.1. The van der Waals surface area contributed by atoms with Gasteiger partial charge in [-0.25, -0.2) is 9.97 Å². The largest absolute Gasteiger partial charge is 0.327 e. The van der Waals surface area contributed by atoms with Crippen molar-refractivity contribution in [3.8, 4) is 0 Å². The van der Waals surface area contributed by atoms with Gasteiger partial charge in [-0.2, -0.15) is 0 Å². The van der Waals surface area contributed by atoms with Gasteiger partial charge in [0, 0.05) is 17.3 Å². The lowest BCUT2D eigenvalue weighted by atomic mass is 10.4. The standard InChI is InChI=1S/C11H16N4S/c1-8-9(2)16-11(14-8)7-15-5-4-13-10(15)6-12-3/h4-5,12H,6-7H2,1-3H3. The molecule has 0 saturated heterocycles. The molecule has 5 heteroatoms. The Morgan fingerprint density at radius 1 is 1.44 bits per heavy atom. The van der Waals surface area contributed by atoms with E-state index in [4.69, 9.17) is 0 Å². The first-order valence-corrected chi connectivity index (χ1v) is 6.10. The molecule has 4 nitrogen and oxygen atoms in total. The highest BCUT2D eigenvalue weighted by molar-refractivity contribution is 7.11. The summed E-state index contributed by atoms with van der Waals surface area (Å²) in [7, 11) is 1.93. The van der Waals surface area contributed by atoms with Gasteiger partial charge in [0.25, 0.3) is 0 Å². The van der Waals surface area contributed by atoms with Gasteiger partial charge in [0.1, 0.15) is 10.8 Å². The Labute approximate surface area is 99.4 Å². The highest BCUT2D eigenvalue weighted by Crippen LogP contribution is 2.17. The van der Waals surface area contributed by atoms with E-state index in [1.165, 1.54) is 4.88 Å². The van der Waals surface area contributed by atoms with Crippen LogP contribution < -0.4 is 5.32 Å². The Hall–Kier alpha value is -1.20. The molecule has 0 aliphatic rings. The number of aromatic nitrogens is 3. The Bertz CT molecular complexity index is 453. The Balaban J connectivity index is 2.16. The van der Waals surface area contributed by atoms with Crippen LogP contribution in [0.2, 0.25) is 0 Å². The molecule has 0 atom stereocenters. The number of hydrogen-bond acceptors (Lipinski definition) is 4. The summed E-state index contributed by atoms with van der Waals surface area (Å²) in [5.41, 5.74) is 1.13. The van der Waals surface area contributed by atoms with Gasteiger partial charge in [-0.05, 0) is 20.9 Å². The van der Waals surface area contributed by atoms with Crippen molar-refractivity contribution in [3.05, 3.63) is 33.8 Å². The number of aryl methyl sites for hydroxylation is 2. The van der Waals surface area contributed by atoms with Crippen molar-refractivity contribution in [3.63, 3.8) is 0 Å². The van der Waals surface area contributed by atoms with Crippen LogP contribution in [-0.4, -0.2) is 21.6 Å². The number of hydrogen-bond donors (Lipinski definition) is 1. The predicted molar refractivity (Wildman–Crippen MR) is 65.7 cm³/mol. The molecule has 0 aromatic carbocycles. The topological polar surface area (TPSA) is 42.7 Å². The van der Waals surface area contributed by atoms with Crippen LogP contribution in [-0.2, 0) is 13.1 Å². The van der Waals surface area contributed by atoms with Crippen LogP contribution in [0.5, 0.6) is 0 Å². The molecule has 2 aromatic heterocycles. The van der Waals surface area contributed by atoms with E-state index in [1.54, 1.807) is 11.3 Å². The van der Waals surface area contributed by atoms with E-state index in [0.717, 1.165) is 29.6 Å². The molecule has 86 valence electrons. The van der Waals surface area contributed by atoms with Crippen LogP contribution in [0.1, 0.15) is 21.4 Å². The fourth-order valence-corrected chi connectivity index (χ4v) is 2.49. The van der Waals surface area contributed by atoms with Crippen molar-refractivity contribution >= 4 is 11.3 Å². The second-order valence-electron chi connectivity index (χ2n) is 3.75. The van der Waals surface area contributed by atoms with Crippen LogP contribution in [0.25, 0.3) is 0 Å². The van der Waals surface area contributed by atoms with Gasteiger partial charge >= 0.3 is 0 Å². The molecule has 16 heavy (non-hydrogen) atoms. The molecule has 2 rings (SSSR count). The molecule has 2 heterocycles. The minimum atomic E-state index is 0.788. The van der Waals surface area contributed by atoms with Crippen LogP contribution in [0.15, 0.2) is 12.4 Å². The minimum absolute atomic E-state index is 0.788. The third kappa shape index (κ3) is 2.31. The van der Waals surface area contributed by atoms with E-state index in [1.807, 2.05) is 19.4 Å². The Kier molecular flexibility index (Phi) is 3.36. The molecule has 2 aromatic rings. The van der Waals surface area contributed by atoms with Gasteiger partial charge in [0.15, 0.2) is 0 Å². The molecule has 0 spiro atoms. The summed E-state index contributed by atoms with van der Waals surface area (Å²) < 4.78 is 2.13. The smallest absolute Gasteiger partial charge is 0.123 e. The van der Waals surface area contributed by atoms with Crippen LogP contribution >= 0.6 is 11.3 Å². The maximum atomic E-state index is 4.54. The normalized spacial score (nSPS) is 10.9. The molecule has 1 N–H and O–H groups in total. The van der Waals surface area contributed by atoms with Crippen LogP contribution in [0, 0.1) is 13.8 Å². The summed E-state index contributed by atoms with van der Waals surface area (Å²) in [5, 5.41) is 4.26. The van der Waals surface area contributed by atoms with E-state index in [-0.39, 0.29) is 0 Å². The molecule has 0 radical (unpaired) electrons. The molecule has 0 amide bonds. The molecule has 0 bridgehead atoms. The number of nitrogens with zero attached hydrogens (tertiary/aromatic N) is 3. The van der Waals surface area contributed by atoms with Gasteiger partial charge in [-0.3, -0.25) is 0 Å². The quantitative estimate of drug-likeness (QED) is 0.879. The lowest BCUT2D eigenvalue weighted by Crippen LogP contribution is -2.12. The first-order valence-electron chi connectivity index (χ1n) is 5.28. The summed E-state index contributed by atoms with van der Waals surface area (Å²) >= 11 is 1.76. The van der Waals surface area contributed by atoms with Gasteiger partial charge < -0.3 is 9.88 Å². The van der Waals surface area contributed by atoms with E-state index < -0.39 is 0 Å². The summed E-state index contributed by atoms with van der Waals surface area (Å²) in [6.07, 6.45) is 3.83. The molecule has 0 saturated carbocycles. The number of thiazole rings is 1. The van der Waals surface area contributed by atoms with Crippen molar-refractivity contribution in [2.45, 2.75) is 26.9 Å². The average Bonchev–Trinajstić information content (AvgIpc) is 2.77. The van der Waals surface area contributed by atoms with E-state index in [2.05, 4.69) is 33.7 Å². The number of rotatable bonds is 4. The first-order chi connectivity index (χ1) is 7.70. The first kappa shape index (κ1) is 11.3. The van der Waals surface area contributed by atoms with Crippen LogP contribution in [0.4, 0.5) is 0 Å². The monoisotopic (exact) mass is 236 g/mol. The molecule has 0 aliphatic heterocycles. The predicted octanol–water partition coefficient (Wildman–Crippen LogP) is 1.72. The van der Waals surface area contributed by atoms with Crippen molar-refractivity contribution in [2.75, 3.05) is 7.05 Å². The van der Waals surface area contributed by atoms with Crippen LogP contribution in [0.3, 0.4) is 0 Å². The second kappa shape index (κ2) is 4.76. The zero-order valence-electron chi connectivity index (χ0n) is 9.82. The van der Waals surface area contributed by atoms with Gasteiger partial charge in [-0.15, -0.1) is 11.3 Å². The summed E-state index contributed by atoms with van der Waals surface area (Å²) in [5.74, 6) is 1.05. The summed E-state index contributed by atoms with van der Waals surface area (Å²) in [6.45, 7) is 5.77. The maximum absolute atomic E-state index is 4.54. The third-order valence-corrected chi connectivity index (χ3v) is 3.57. The van der Waals surface area contributed by atoms with Crippen molar-refractivity contribution < 1.29 is 0 Å². The fraction of sp³-hybridized carbons (Fsp3) is 0.455.